The molecular weight excluding hydrogens is 296 g/mol. The minimum Gasteiger partial charge on any atom is -0.370 e. The Morgan fingerprint density at radius 3 is 2.54 bits per heavy atom. The van der Waals surface area contributed by atoms with Gasteiger partial charge in [0.1, 0.15) is 17.5 Å². The fourth-order valence-corrected chi connectivity index (χ4v) is 3.85. The van der Waals surface area contributed by atoms with Gasteiger partial charge in [0.15, 0.2) is 0 Å². The Bertz CT molecular complexity index is 545. The summed E-state index contributed by atoms with van der Waals surface area (Å²) in [5.74, 6) is 2.77. The number of aromatic nitrogens is 2. The average molecular weight is 329 g/mol. The van der Waals surface area contributed by atoms with Gasteiger partial charge in [-0.2, -0.15) is 0 Å². The highest BCUT2D eigenvalue weighted by Crippen LogP contribution is 2.22. The number of nitrogens with zero attached hydrogens (tertiary/aromatic N) is 2. The quantitative estimate of drug-likeness (QED) is 0.555. The van der Waals surface area contributed by atoms with E-state index in [1.54, 1.807) is 5.57 Å². The fraction of sp³-hybridized carbons (Fsp3) is 0.700. The van der Waals surface area contributed by atoms with Crippen molar-refractivity contribution in [2.75, 3.05) is 17.2 Å². The first-order valence-electron chi connectivity index (χ1n) is 9.83. The summed E-state index contributed by atoms with van der Waals surface area (Å²) in [6.07, 6.45) is 16.8. The lowest BCUT2D eigenvalue weighted by molar-refractivity contribution is 0.617. The Hall–Kier alpha value is -1.58. The molecule has 0 aromatic carbocycles. The van der Waals surface area contributed by atoms with E-state index in [0.717, 1.165) is 30.4 Å². The molecule has 4 nitrogen and oxygen atoms in total. The van der Waals surface area contributed by atoms with E-state index in [1.807, 2.05) is 6.92 Å². The molecule has 0 saturated heterocycles. The summed E-state index contributed by atoms with van der Waals surface area (Å²) in [5, 5.41) is 7.13. The first-order valence-corrected chi connectivity index (χ1v) is 9.83. The largest absolute Gasteiger partial charge is 0.370 e. The lowest BCUT2D eigenvalue weighted by Gasteiger charge is -2.18. The number of hydrogen-bond donors (Lipinski definition) is 2. The maximum Gasteiger partial charge on any atom is 0.132 e. The predicted octanol–water partition coefficient (Wildman–Crippen LogP) is 5.22. The normalized spacial score (nSPS) is 19.5. The summed E-state index contributed by atoms with van der Waals surface area (Å²) in [6, 6.07) is 2.65. The van der Waals surface area contributed by atoms with E-state index in [9.17, 15) is 0 Å². The molecule has 1 aromatic heterocycles. The summed E-state index contributed by atoms with van der Waals surface area (Å²) < 4.78 is 0. The fourth-order valence-electron chi connectivity index (χ4n) is 3.85. The zero-order valence-corrected chi connectivity index (χ0v) is 15.1. The number of aryl methyl sites for hydroxylation is 1. The summed E-state index contributed by atoms with van der Waals surface area (Å²) in [6.45, 7) is 2.94. The standard InChI is InChI=1S/C20H32N4/c1-16-22-19(21-14-13-17-9-5-4-6-10-17)15-20(23-16)24-18-11-7-2-3-8-12-18/h9,15,18H,2-8,10-14H2,1H3,(H2,21,22,23,24). The van der Waals surface area contributed by atoms with Crippen molar-refractivity contribution in [1.82, 2.24) is 9.97 Å². The molecule has 0 atom stereocenters. The lowest BCUT2D eigenvalue weighted by Crippen LogP contribution is -2.19. The molecule has 2 N–H and O–H groups in total. The Labute approximate surface area is 146 Å². The molecule has 1 aromatic rings. The third-order valence-corrected chi connectivity index (χ3v) is 5.18. The van der Waals surface area contributed by atoms with Crippen molar-refractivity contribution in [3.8, 4) is 0 Å². The monoisotopic (exact) mass is 328 g/mol. The lowest BCUT2D eigenvalue weighted by atomic mass is 9.97. The first-order chi connectivity index (χ1) is 11.8. The minimum atomic E-state index is 0.571. The number of allylic oxidation sites excluding steroid dienone is 1. The van der Waals surface area contributed by atoms with E-state index in [-0.39, 0.29) is 0 Å². The van der Waals surface area contributed by atoms with Crippen molar-refractivity contribution in [3.05, 3.63) is 23.5 Å². The molecule has 0 radical (unpaired) electrons. The molecule has 1 fully saturated rings. The summed E-state index contributed by atoms with van der Waals surface area (Å²) in [7, 11) is 0. The maximum absolute atomic E-state index is 4.58. The van der Waals surface area contributed by atoms with Gasteiger partial charge in [-0.3, -0.25) is 0 Å². The van der Waals surface area contributed by atoms with Crippen molar-refractivity contribution in [2.24, 2.45) is 0 Å². The SMILES string of the molecule is Cc1nc(NCCC2=CCCCC2)cc(NC2CCCCCC2)n1. The van der Waals surface area contributed by atoms with E-state index >= 15 is 0 Å². The van der Waals surface area contributed by atoms with Crippen LogP contribution in [-0.2, 0) is 0 Å². The van der Waals surface area contributed by atoms with Gasteiger partial charge in [0.2, 0.25) is 0 Å². The van der Waals surface area contributed by atoms with Crippen LogP contribution >= 0.6 is 0 Å². The Morgan fingerprint density at radius 1 is 1.00 bits per heavy atom. The van der Waals surface area contributed by atoms with Crippen molar-refractivity contribution in [2.45, 2.75) is 83.6 Å². The number of nitrogens with one attached hydrogen (secondary N) is 2. The molecule has 0 unspecified atom stereocenters. The van der Waals surface area contributed by atoms with Crippen molar-refractivity contribution in [1.29, 1.82) is 0 Å². The van der Waals surface area contributed by atoms with Gasteiger partial charge in [-0.25, -0.2) is 9.97 Å². The van der Waals surface area contributed by atoms with Gasteiger partial charge < -0.3 is 10.6 Å². The van der Waals surface area contributed by atoms with Gasteiger partial charge in [0.25, 0.3) is 0 Å². The van der Waals surface area contributed by atoms with Crippen LogP contribution in [0, 0.1) is 6.92 Å². The van der Waals surface area contributed by atoms with Gasteiger partial charge in [-0.05, 0) is 51.9 Å². The number of anilines is 2. The highest BCUT2D eigenvalue weighted by molar-refractivity contribution is 5.48. The van der Waals surface area contributed by atoms with Crippen LogP contribution in [0.15, 0.2) is 17.7 Å². The molecule has 1 heterocycles. The predicted molar refractivity (Wildman–Crippen MR) is 102 cm³/mol. The second kappa shape index (κ2) is 9.05. The molecular formula is C20H32N4. The first kappa shape index (κ1) is 17.2. The van der Waals surface area contributed by atoms with Gasteiger partial charge in [-0.15, -0.1) is 0 Å². The molecule has 0 bridgehead atoms. The zero-order chi connectivity index (χ0) is 16.6. The molecule has 132 valence electrons. The molecule has 2 aliphatic rings. The molecule has 1 saturated carbocycles. The maximum atomic E-state index is 4.58. The Morgan fingerprint density at radius 2 is 1.79 bits per heavy atom. The van der Waals surface area contributed by atoms with Crippen LogP contribution < -0.4 is 10.6 Å². The minimum absolute atomic E-state index is 0.571. The van der Waals surface area contributed by atoms with Gasteiger partial charge in [-0.1, -0.05) is 37.3 Å². The average Bonchev–Trinajstić information content (AvgIpc) is 2.84. The highest BCUT2D eigenvalue weighted by atomic mass is 15.1. The van der Waals surface area contributed by atoms with E-state index in [2.05, 4.69) is 32.7 Å². The summed E-state index contributed by atoms with van der Waals surface area (Å²) >= 11 is 0. The second-order valence-electron chi connectivity index (χ2n) is 7.30. The highest BCUT2D eigenvalue weighted by Gasteiger charge is 2.13. The summed E-state index contributed by atoms with van der Waals surface area (Å²) in [5.41, 5.74) is 1.61. The van der Waals surface area contributed by atoms with Crippen LogP contribution in [0.5, 0.6) is 0 Å². The summed E-state index contributed by atoms with van der Waals surface area (Å²) in [4.78, 5) is 9.13. The van der Waals surface area contributed by atoms with Crippen LogP contribution in [0.25, 0.3) is 0 Å². The van der Waals surface area contributed by atoms with Crippen molar-refractivity contribution < 1.29 is 0 Å². The van der Waals surface area contributed by atoms with Gasteiger partial charge in [0.05, 0.1) is 0 Å². The van der Waals surface area contributed by atoms with E-state index in [4.69, 9.17) is 0 Å². The number of hydrogen-bond acceptors (Lipinski definition) is 4. The van der Waals surface area contributed by atoms with E-state index in [0.29, 0.717) is 6.04 Å². The van der Waals surface area contributed by atoms with Crippen LogP contribution in [-0.4, -0.2) is 22.6 Å². The third-order valence-electron chi connectivity index (χ3n) is 5.18. The number of rotatable bonds is 6. The molecule has 2 aliphatic carbocycles. The molecule has 4 heteroatoms. The zero-order valence-electron chi connectivity index (χ0n) is 15.1. The molecule has 0 spiro atoms. The third kappa shape index (κ3) is 5.50. The van der Waals surface area contributed by atoms with E-state index in [1.165, 1.54) is 64.2 Å². The smallest absolute Gasteiger partial charge is 0.132 e. The van der Waals surface area contributed by atoms with Crippen molar-refractivity contribution in [3.63, 3.8) is 0 Å². The van der Waals surface area contributed by atoms with Crippen LogP contribution in [0.3, 0.4) is 0 Å². The molecule has 3 rings (SSSR count). The Kier molecular flexibility index (Phi) is 6.50. The van der Waals surface area contributed by atoms with Gasteiger partial charge >= 0.3 is 0 Å². The molecule has 0 aliphatic heterocycles. The molecule has 0 amide bonds. The topological polar surface area (TPSA) is 49.8 Å². The second-order valence-corrected chi connectivity index (χ2v) is 7.30. The van der Waals surface area contributed by atoms with Crippen LogP contribution in [0.2, 0.25) is 0 Å². The van der Waals surface area contributed by atoms with Gasteiger partial charge in [0, 0.05) is 18.7 Å². The Balaban J connectivity index is 1.53. The van der Waals surface area contributed by atoms with Crippen molar-refractivity contribution >= 4 is 11.6 Å². The van der Waals surface area contributed by atoms with Crippen LogP contribution in [0.1, 0.15) is 76.5 Å². The molecule has 24 heavy (non-hydrogen) atoms. The van der Waals surface area contributed by atoms with Crippen LogP contribution in [0.4, 0.5) is 11.6 Å². The van der Waals surface area contributed by atoms with E-state index < -0.39 is 0 Å².